The SMILES string of the molecule is CC1(C)c2ccc(-c3ccc4c(C(F)(F)F)ccc(O)c4n3)[c-]c2N(c2ccccn2)c2ccccc21.[Pt]. The van der Waals surface area contributed by atoms with Crippen LogP contribution in [0.5, 0.6) is 5.75 Å². The predicted molar refractivity (Wildman–Crippen MR) is 137 cm³/mol. The second-order valence-corrected chi connectivity index (χ2v) is 9.52. The number of rotatable bonds is 2. The molecule has 8 heteroatoms. The number of anilines is 3. The summed E-state index contributed by atoms with van der Waals surface area (Å²) in [6, 6.07) is 26.0. The molecule has 0 unspecified atom stereocenters. The molecule has 0 atom stereocenters. The number of phenolic OH excluding ortho intramolecular Hbond substituents is 1. The van der Waals surface area contributed by atoms with E-state index in [9.17, 15) is 18.3 Å². The summed E-state index contributed by atoms with van der Waals surface area (Å²) in [5.74, 6) is 0.409. The van der Waals surface area contributed by atoms with Crippen molar-refractivity contribution >= 4 is 28.1 Å². The van der Waals surface area contributed by atoms with Gasteiger partial charge in [-0.2, -0.15) is 13.2 Å². The van der Waals surface area contributed by atoms with Crippen LogP contribution in [0, 0.1) is 6.07 Å². The minimum Gasteiger partial charge on any atom is -0.506 e. The minimum absolute atomic E-state index is 0. The van der Waals surface area contributed by atoms with E-state index in [0.717, 1.165) is 40.5 Å². The fraction of sp³-hybridized carbons (Fsp3) is 0.133. The number of aromatic nitrogens is 2. The summed E-state index contributed by atoms with van der Waals surface area (Å²) in [6.07, 6.45) is -2.83. The molecule has 194 valence electrons. The Morgan fingerprint density at radius 3 is 2.37 bits per heavy atom. The van der Waals surface area contributed by atoms with Crippen LogP contribution in [0.15, 0.2) is 85.1 Å². The Labute approximate surface area is 232 Å². The van der Waals surface area contributed by atoms with Crippen LogP contribution in [0.4, 0.5) is 30.4 Å². The maximum Gasteiger partial charge on any atom is 0.417 e. The molecule has 4 nitrogen and oxygen atoms in total. The molecule has 0 saturated carbocycles. The normalized spacial score (nSPS) is 14.0. The second-order valence-electron chi connectivity index (χ2n) is 9.52. The van der Waals surface area contributed by atoms with Crippen LogP contribution < -0.4 is 4.90 Å². The molecule has 2 aromatic heterocycles. The Morgan fingerprint density at radius 2 is 1.63 bits per heavy atom. The van der Waals surface area contributed by atoms with Crippen molar-refractivity contribution in [1.29, 1.82) is 0 Å². The average molecular weight is 692 g/mol. The molecule has 0 bridgehead atoms. The van der Waals surface area contributed by atoms with Crippen LogP contribution in [0.25, 0.3) is 22.2 Å². The van der Waals surface area contributed by atoms with Gasteiger partial charge >= 0.3 is 6.18 Å². The zero-order valence-corrected chi connectivity index (χ0v) is 22.6. The van der Waals surface area contributed by atoms with Crippen molar-refractivity contribution < 1.29 is 39.3 Å². The fourth-order valence-electron chi connectivity index (χ4n) is 5.10. The smallest absolute Gasteiger partial charge is 0.417 e. The molecular weight excluding hydrogens is 670 g/mol. The molecule has 1 aliphatic heterocycles. The van der Waals surface area contributed by atoms with Crippen LogP contribution >= 0.6 is 0 Å². The molecule has 0 radical (unpaired) electrons. The second kappa shape index (κ2) is 9.24. The van der Waals surface area contributed by atoms with Crippen LogP contribution in [-0.4, -0.2) is 15.1 Å². The van der Waals surface area contributed by atoms with Crippen LogP contribution in [0.2, 0.25) is 0 Å². The molecule has 5 aromatic rings. The van der Waals surface area contributed by atoms with Gasteiger partial charge in [0, 0.05) is 38.3 Å². The van der Waals surface area contributed by atoms with Gasteiger partial charge < -0.3 is 10.0 Å². The molecule has 1 N–H and O–H groups in total. The number of nitrogens with zero attached hydrogens (tertiary/aromatic N) is 3. The van der Waals surface area contributed by atoms with E-state index in [1.54, 1.807) is 6.20 Å². The van der Waals surface area contributed by atoms with Crippen molar-refractivity contribution in [3.63, 3.8) is 0 Å². The van der Waals surface area contributed by atoms with Gasteiger partial charge in [0.15, 0.2) is 0 Å². The number of aromatic hydroxyl groups is 1. The van der Waals surface area contributed by atoms with Crippen LogP contribution in [-0.2, 0) is 32.7 Å². The average Bonchev–Trinajstić information content (AvgIpc) is 2.89. The van der Waals surface area contributed by atoms with Crippen LogP contribution in [0.3, 0.4) is 0 Å². The number of pyridine rings is 2. The summed E-state index contributed by atoms with van der Waals surface area (Å²) in [5, 5.41) is 10.2. The first-order chi connectivity index (χ1) is 17.7. The molecule has 0 saturated heterocycles. The molecule has 3 aromatic carbocycles. The minimum atomic E-state index is -4.56. The summed E-state index contributed by atoms with van der Waals surface area (Å²) in [5.41, 5.74) is 3.66. The van der Waals surface area contributed by atoms with Crippen LogP contribution in [0.1, 0.15) is 30.5 Å². The number of hydrogen-bond donors (Lipinski definition) is 1. The number of hydrogen-bond acceptors (Lipinski definition) is 4. The van der Waals surface area contributed by atoms with Gasteiger partial charge in [-0.1, -0.05) is 55.8 Å². The maximum absolute atomic E-state index is 13.5. The first-order valence-corrected chi connectivity index (χ1v) is 11.7. The first kappa shape index (κ1) is 25.9. The summed E-state index contributed by atoms with van der Waals surface area (Å²) >= 11 is 0. The molecular formula is C30H21F3N3OPt-. The summed E-state index contributed by atoms with van der Waals surface area (Å²) in [4.78, 5) is 11.1. The van der Waals surface area contributed by atoms with E-state index in [1.807, 2.05) is 53.4 Å². The molecule has 1 aliphatic rings. The van der Waals surface area contributed by atoms with Gasteiger partial charge in [-0.25, -0.2) is 4.98 Å². The number of benzene rings is 3. The van der Waals surface area contributed by atoms with Crippen molar-refractivity contribution in [2.24, 2.45) is 0 Å². The van der Waals surface area contributed by atoms with Gasteiger partial charge in [-0.15, -0.1) is 23.8 Å². The Balaban J connectivity index is 0.00000294. The summed E-state index contributed by atoms with van der Waals surface area (Å²) < 4.78 is 40.6. The third kappa shape index (κ3) is 4.06. The topological polar surface area (TPSA) is 49.3 Å². The van der Waals surface area contributed by atoms with Crippen molar-refractivity contribution in [1.82, 2.24) is 9.97 Å². The Morgan fingerprint density at radius 1 is 0.868 bits per heavy atom. The van der Waals surface area contributed by atoms with Crippen molar-refractivity contribution in [3.8, 4) is 17.0 Å². The molecule has 6 rings (SSSR count). The van der Waals surface area contributed by atoms with E-state index in [0.29, 0.717) is 11.3 Å². The standard InChI is InChI=1S/C30H21F3N3O.Pt/c1-29(2)21-7-3-4-8-24(21)36(27-9-5-6-16-34-27)25-17-18(10-12-22(25)29)23-14-11-19-20(30(31,32)33)13-15-26(37)28(19)35-23;/h3-16,37H,1-2H3;/q-1;. The van der Waals surface area contributed by atoms with E-state index >= 15 is 0 Å². The van der Waals surface area contributed by atoms with Gasteiger partial charge in [0.2, 0.25) is 0 Å². The van der Waals surface area contributed by atoms with Gasteiger partial charge in [-0.05, 0) is 52.7 Å². The van der Waals surface area contributed by atoms with E-state index in [2.05, 4.69) is 35.9 Å². The number of phenols is 1. The molecule has 0 amide bonds. The van der Waals surface area contributed by atoms with E-state index in [4.69, 9.17) is 0 Å². The van der Waals surface area contributed by atoms with E-state index in [1.165, 1.54) is 12.1 Å². The fourth-order valence-corrected chi connectivity index (χ4v) is 5.10. The van der Waals surface area contributed by atoms with Gasteiger partial charge in [0.05, 0.1) is 5.56 Å². The number of alkyl halides is 3. The van der Waals surface area contributed by atoms with Crippen molar-refractivity contribution in [3.05, 3.63) is 108 Å². The maximum atomic E-state index is 13.5. The number of fused-ring (bicyclic) bond motifs is 3. The largest absolute Gasteiger partial charge is 0.506 e. The van der Waals surface area contributed by atoms with Crippen molar-refractivity contribution in [2.45, 2.75) is 25.4 Å². The van der Waals surface area contributed by atoms with Gasteiger partial charge in [-0.3, -0.25) is 4.98 Å². The third-order valence-electron chi connectivity index (χ3n) is 6.94. The summed E-state index contributed by atoms with van der Waals surface area (Å²) in [6.45, 7) is 4.30. The molecule has 38 heavy (non-hydrogen) atoms. The quantitative estimate of drug-likeness (QED) is 0.191. The predicted octanol–water partition coefficient (Wildman–Crippen LogP) is 7.93. The van der Waals surface area contributed by atoms with E-state index in [-0.39, 0.29) is 43.1 Å². The Bertz CT molecular complexity index is 1670. The molecule has 3 heterocycles. The third-order valence-corrected chi connectivity index (χ3v) is 6.94. The van der Waals surface area contributed by atoms with Gasteiger partial charge in [0.25, 0.3) is 0 Å². The summed E-state index contributed by atoms with van der Waals surface area (Å²) in [7, 11) is 0. The zero-order valence-electron chi connectivity index (χ0n) is 20.3. The zero-order chi connectivity index (χ0) is 25.9. The number of para-hydroxylation sites is 1. The van der Waals surface area contributed by atoms with E-state index < -0.39 is 11.7 Å². The molecule has 0 spiro atoms. The monoisotopic (exact) mass is 691 g/mol. The van der Waals surface area contributed by atoms with Gasteiger partial charge in [0.1, 0.15) is 17.1 Å². The Kier molecular flexibility index (Phi) is 6.31. The first-order valence-electron chi connectivity index (χ1n) is 11.7. The Hall–Kier alpha value is -3.70. The van der Waals surface area contributed by atoms with Crippen molar-refractivity contribution in [2.75, 3.05) is 4.90 Å². The molecule has 0 fully saturated rings. The molecule has 0 aliphatic carbocycles. The number of halogens is 3.